The van der Waals surface area contributed by atoms with Gasteiger partial charge >= 0.3 is 0 Å². The van der Waals surface area contributed by atoms with Crippen molar-refractivity contribution in [2.45, 2.75) is 12.7 Å². The molecule has 122 valence electrons. The molecule has 0 radical (unpaired) electrons. The quantitative estimate of drug-likeness (QED) is 0.853. The molecule has 1 amide bonds. The Bertz CT molecular complexity index is 671. The van der Waals surface area contributed by atoms with Gasteiger partial charge in [0.15, 0.2) is 6.10 Å². The molecule has 6 heteroatoms. The van der Waals surface area contributed by atoms with Crippen molar-refractivity contribution >= 4 is 29.1 Å². The minimum Gasteiger partial charge on any atom is -0.489 e. The van der Waals surface area contributed by atoms with Crippen LogP contribution in [0.4, 0.5) is 0 Å². The van der Waals surface area contributed by atoms with E-state index in [1.165, 1.54) is 7.11 Å². The Morgan fingerprint density at radius 3 is 2.43 bits per heavy atom. The first kappa shape index (κ1) is 17.6. The molecule has 1 atom stereocenters. The van der Waals surface area contributed by atoms with Gasteiger partial charge in [-0.05, 0) is 29.3 Å². The minimum absolute atomic E-state index is 0.217. The van der Waals surface area contributed by atoms with Crippen LogP contribution in [0.3, 0.4) is 0 Å². The number of benzene rings is 2. The third kappa shape index (κ3) is 4.61. The van der Waals surface area contributed by atoms with Crippen molar-refractivity contribution in [3.05, 3.63) is 63.6 Å². The average molecular weight is 354 g/mol. The van der Waals surface area contributed by atoms with Gasteiger partial charge in [0.1, 0.15) is 12.4 Å². The normalized spacial score (nSPS) is 11.8. The smallest absolute Gasteiger partial charge is 0.253 e. The number of hydrogen-bond acceptors (Lipinski definition) is 3. The first-order chi connectivity index (χ1) is 11.0. The molecule has 0 saturated carbocycles. The highest BCUT2D eigenvalue weighted by Crippen LogP contribution is 2.26. The fraction of sp³-hybridized carbons (Fsp3) is 0.235. The Balaban J connectivity index is 2.21. The Hall–Kier alpha value is -1.75. The van der Waals surface area contributed by atoms with Crippen LogP contribution < -0.4 is 10.1 Å². The number of nitrogens with one attached hydrogen (secondary N) is 1. The predicted molar refractivity (Wildman–Crippen MR) is 91.1 cm³/mol. The molecule has 0 aromatic heterocycles. The molecular formula is C17H17Cl2NO3. The summed E-state index contributed by atoms with van der Waals surface area (Å²) < 4.78 is 11.1. The van der Waals surface area contributed by atoms with Gasteiger partial charge in [0.2, 0.25) is 0 Å². The molecule has 0 aliphatic carbocycles. The van der Waals surface area contributed by atoms with Gasteiger partial charge in [-0.3, -0.25) is 4.79 Å². The summed E-state index contributed by atoms with van der Waals surface area (Å²) in [5.41, 5.74) is 1.60. The van der Waals surface area contributed by atoms with Gasteiger partial charge in [0, 0.05) is 24.2 Å². The van der Waals surface area contributed by atoms with Crippen molar-refractivity contribution in [2.24, 2.45) is 0 Å². The molecular weight excluding hydrogens is 337 g/mol. The highest BCUT2D eigenvalue weighted by molar-refractivity contribution is 6.34. The Morgan fingerprint density at radius 1 is 1.17 bits per heavy atom. The molecule has 2 rings (SSSR count). The SMILES string of the molecule is CNC(=O)C(OC)c1ccccc1COc1cc(Cl)cc(Cl)c1. The maximum atomic E-state index is 11.9. The predicted octanol–water partition coefficient (Wildman–Crippen LogP) is 4.01. The molecule has 1 unspecified atom stereocenters. The van der Waals surface area contributed by atoms with Crippen LogP contribution in [-0.2, 0) is 16.1 Å². The first-order valence-electron chi connectivity index (χ1n) is 6.96. The van der Waals surface area contributed by atoms with Gasteiger partial charge in [-0.25, -0.2) is 0 Å². The second kappa shape index (κ2) is 8.20. The van der Waals surface area contributed by atoms with E-state index in [-0.39, 0.29) is 12.5 Å². The first-order valence-corrected chi connectivity index (χ1v) is 7.72. The third-order valence-electron chi connectivity index (χ3n) is 3.29. The van der Waals surface area contributed by atoms with Crippen molar-refractivity contribution in [2.75, 3.05) is 14.2 Å². The van der Waals surface area contributed by atoms with Crippen LogP contribution in [0.25, 0.3) is 0 Å². The van der Waals surface area contributed by atoms with Crippen LogP contribution in [0.1, 0.15) is 17.2 Å². The van der Waals surface area contributed by atoms with E-state index in [1.807, 2.05) is 24.3 Å². The van der Waals surface area contributed by atoms with Crippen LogP contribution in [-0.4, -0.2) is 20.1 Å². The number of rotatable bonds is 6. The van der Waals surface area contributed by atoms with Crippen molar-refractivity contribution < 1.29 is 14.3 Å². The van der Waals surface area contributed by atoms with Crippen molar-refractivity contribution in [3.63, 3.8) is 0 Å². The van der Waals surface area contributed by atoms with E-state index >= 15 is 0 Å². The lowest BCUT2D eigenvalue weighted by Gasteiger charge is -2.18. The second-order valence-corrected chi connectivity index (χ2v) is 5.70. The van der Waals surface area contributed by atoms with Gasteiger partial charge in [-0.1, -0.05) is 47.5 Å². The van der Waals surface area contributed by atoms with Gasteiger partial charge in [0.05, 0.1) is 0 Å². The van der Waals surface area contributed by atoms with E-state index in [0.717, 1.165) is 11.1 Å². The Labute approximate surface area is 145 Å². The molecule has 0 spiro atoms. The fourth-order valence-corrected chi connectivity index (χ4v) is 2.71. The summed E-state index contributed by atoms with van der Waals surface area (Å²) in [6, 6.07) is 12.5. The van der Waals surface area contributed by atoms with Gasteiger partial charge in [0.25, 0.3) is 5.91 Å². The highest BCUT2D eigenvalue weighted by Gasteiger charge is 2.21. The zero-order chi connectivity index (χ0) is 16.8. The van der Waals surface area contributed by atoms with Crippen LogP contribution >= 0.6 is 23.2 Å². The van der Waals surface area contributed by atoms with E-state index in [4.69, 9.17) is 32.7 Å². The van der Waals surface area contributed by atoms with Crippen molar-refractivity contribution in [1.82, 2.24) is 5.32 Å². The Morgan fingerprint density at radius 2 is 1.83 bits per heavy atom. The summed E-state index contributed by atoms with van der Waals surface area (Å²) in [6.45, 7) is 0.268. The maximum absolute atomic E-state index is 11.9. The molecule has 0 heterocycles. The summed E-state index contributed by atoms with van der Waals surface area (Å²) in [4.78, 5) is 11.9. The fourth-order valence-electron chi connectivity index (χ4n) is 2.20. The molecule has 0 fully saturated rings. The third-order valence-corrected chi connectivity index (χ3v) is 3.72. The van der Waals surface area contributed by atoms with E-state index < -0.39 is 6.10 Å². The van der Waals surface area contributed by atoms with Crippen LogP contribution in [0, 0.1) is 0 Å². The number of hydrogen-bond donors (Lipinski definition) is 1. The summed E-state index contributed by atoms with van der Waals surface area (Å²) in [5.74, 6) is 0.344. The molecule has 23 heavy (non-hydrogen) atoms. The van der Waals surface area contributed by atoms with E-state index in [9.17, 15) is 4.79 Å². The molecule has 4 nitrogen and oxygen atoms in total. The summed E-state index contributed by atoms with van der Waals surface area (Å²) in [6.07, 6.45) is -0.692. The number of ether oxygens (including phenoxy) is 2. The lowest BCUT2D eigenvalue weighted by atomic mass is 10.0. The summed E-state index contributed by atoms with van der Waals surface area (Å²) >= 11 is 11.9. The number of likely N-dealkylation sites (N-methyl/N-ethyl adjacent to an activating group) is 1. The van der Waals surface area contributed by atoms with Crippen molar-refractivity contribution in [1.29, 1.82) is 0 Å². The second-order valence-electron chi connectivity index (χ2n) is 4.82. The lowest BCUT2D eigenvalue weighted by molar-refractivity contribution is -0.130. The monoisotopic (exact) mass is 353 g/mol. The van der Waals surface area contributed by atoms with Crippen molar-refractivity contribution in [3.8, 4) is 5.75 Å². The van der Waals surface area contributed by atoms with E-state index in [1.54, 1.807) is 25.2 Å². The lowest BCUT2D eigenvalue weighted by Crippen LogP contribution is -2.27. The minimum atomic E-state index is -0.692. The molecule has 1 N–H and O–H groups in total. The van der Waals surface area contributed by atoms with Gasteiger partial charge in [-0.15, -0.1) is 0 Å². The number of halogens is 2. The molecule has 0 aliphatic rings. The topological polar surface area (TPSA) is 47.6 Å². The highest BCUT2D eigenvalue weighted by atomic mass is 35.5. The van der Waals surface area contributed by atoms with Crippen LogP contribution in [0.5, 0.6) is 5.75 Å². The Kier molecular flexibility index (Phi) is 6.28. The summed E-state index contributed by atoms with van der Waals surface area (Å²) in [5, 5.41) is 3.59. The number of carbonyl (C=O) groups is 1. The molecule has 0 aliphatic heterocycles. The van der Waals surface area contributed by atoms with E-state index in [2.05, 4.69) is 5.32 Å². The van der Waals surface area contributed by atoms with Gasteiger partial charge in [-0.2, -0.15) is 0 Å². The molecule has 2 aromatic carbocycles. The molecule has 2 aromatic rings. The standard InChI is InChI=1S/C17H17Cl2NO3/c1-20-17(21)16(22-2)15-6-4-3-5-11(15)10-23-14-8-12(18)7-13(19)9-14/h3-9,16H,10H2,1-2H3,(H,20,21). The zero-order valence-corrected chi connectivity index (χ0v) is 14.3. The van der Waals surface area contributed by atoms with Gasteiger partial charge < -0.3 is 14.8 Å². The van der Waals surface area contributed by atoms with Crippen LogP contribution in [0.15, 0.2) is 42.5 Å². The molecule has 0 bridgehead atoms. The van der Waals surface area contributed by atoms with E-state index in [0.29, 0.717) is 15.8 Å². The number of methoxy groups -OCH3 is 1. The average Bonchev–Trinajstić information content (AvgIpc) is 2.53. The maximum Gasteiger partial charge on any atom is 0.253 e. The number of carbonyl (C=O) groups excluding carboxylic acids is 1. The largest absolute Gasteiger partial charge is 0.489 e. The summed E-state index contributed by atoms with van der Waals surface area (Å²) in [7, 11) is 3.07. The molecule has 0 saturated heterocycles. The number of amides is 1. The zero-order valence-electron chi connectivity index (χ0n) is 12.8. The van der Waals surface area contributed by atoms with Crippen LogP contribution in [0.2, 0.25) is 10.0 Å².